The molecule has 116 valence electrons. The fourth-order valence-corrected chi connectivity index (χ4v) is 2.90. The number of hydrogen-bond donors (Lipinski definition) is 0. The van der Waals surface area contributed by atoms with E-state index in [-0.39, 0.29) is 12.4 Å². The Morgan fingerprint density at radius 2 is 2.32 bits per heavy atom. The summed E-state index contributed by atoms with van der Waals surface area (Å²) in [4.78, 5) is 11.8. The van der Waals surface area contributed by atoms with Crippen LogP contribution in [0.25, 0.3) is 0 Å². The van der Waals surface area contributed by atoms with Crippen LogP contribution in [-0.2, 0) is 11.3 Å². The van der Waals surface area contributed by atoms with Crippen LogP contribution in [0, 0.1) is 5.82 Å². The van der Waals surface area contributed by atoms with Crippen molar-refractivity contribution in [3.63, 3.8) is 0 Å². The maximum Gasteiger partial charge on any atom is 0.428 e. The molecule has 1 aliphatic rings. The van der Waals surface area contributed by atoms with Gasteiger partial charge in [-0.15, -0.1) is 10.2 Å². The third-order valence-corrected chi connectivity index (χ3v) is 3.90. The fourth-order valence-electron chi connectivity index (χ4n) is 2.02. The molecule has 0 N–H and O–H groups in total. The van der Waals surface area contributed by atoms with E-state index in [4.69, 9.17) is 9.47 Å². The van der Waals surface area contributed by atoms with Crippen LogP contribution in [0.4, 0.5) is 9.18 Å². The largest absolute Gasteiger partial charge is 0.485 e. The lowest BCUT2D eigenvalue weighted by molar-refractivity contribution is 0.169. The van der Waals surface area contributed by atoms with Gasteiger partial charge >= 0.3 is 6.09 Å². The van der Waals surface area contributed by atoms with Crippen molar-refractivity contribution in [3.05, 3.63) is 35.9 Å². The van der Waals surface area contributed by atoms with Crippen molar-refractivity contribution >= 4 is 17.9 Å². The monoisotopic (exact) mass is 324 g/mol. The highest BCUT2D eigenvalue weighted by atomic mass is 32.2. The SMILES string of the molecule is COC(=O)N1CCSc2nnc(COc3cccc(F)c3)n21. The number of fused-ring (bicyclic) bond motifs is 1. The highest BCUT2D eigenvalue weighted by molar-refractivity contribution is 7.99. The predicted octanol–water partition coefficient (Wildman–Crippen LogP) is 1.81. The Hall–Kier alpha value is -2.29. The van der Waals surface area contributed by atoms with Crippen LogP contribution in [0.3, 0.4) is 0 Å². The third-order valence-electron chi connectivity index (χ3n) is 3.00. The summed E-state index contributed by atoms with van der Waals surface area (Å²) in [6.45, 7) is 0.542. The van der Waals surface area contributed by atoms with Gasteiger partial charge in [0, 0.05) is 11.8 Å². The smallest absolute Gasteiger partial charge is 0.428 e. The summed E-state index contributed by atoms with van der Waals surface area (Å²) in [6, 6.07) is 5.81. The number of carbonyl (C=O) groups excluding carboxylic acids is 1. The lowest BCUT2D eigenvalue weighted by Gasteiger charge is -2.27. The molecule has 2 aromatic rings. The van der Waals surface area contributed by atoms with E-state index in [0.29, 0.717) is 29.0 Å². The van der Waals surface area contributed by atoms with E-state index in [0.717, 1.165) is 0 Å². The van der Waals surface area contributed by atoms with E-state index in [2.05, 4.69) is 10.2 Å². The molecule has 1 amide bonds. The minimum atomic E-state index is -0.492. The number of ether oxygens (including phenoxy) is 2. The number of benzene rings is 1. The summed E-state index contributed by atoms with van der Waals surface area (Å²) in [5.74, 6) is 1.15. The van der Waals surface area contributed by atoms with Crippen molar-refractivity contribution < 1.29 is 18.7 Å². The van der Waals surface area contributed by atoms with Gasteiger partial charge in [-0.25, -0.2) is 18.9 Å². The lowest BCUT2D eigenvalue weighted by Crippen LogP contribution is -2.45. The molecule has 0 atom stereocenters. The second-order valence-electron chi connectivity index (χ2n) is 4.40. The van der Waals surface area contributed by atoms with E-state index in [1.807, 2.05) is 0 Å². The molecule has 0 bridgehead atoms. The maximum absolute atomic E-state index is 13.1. The van der Waals surface area contributed by atoms with Gasteiger partial charge in [0.1, 0.15) is 18.2 Å². The minimum Gasteiger partial charge on any atom is -0.485 e. The average Bonchev–Trinajstić information content (AvgIpc) is 2.95. The van der Waals surface area contributed by atoms with Crippen LogP contribution < -0.4 is 9.75 Å². The quantitative estimate of drug-likeness (QED) is 0.857. The van der Waals surface area contributed by atoms with E-state index in [1.54, 1.807) is 16.8 Å². The van der Waals surface area contributed by atoms with Gasteiger partial charge in [0.2, 0.25) is 5.16 Å². The lowest BCUT2D eigenvalue weighted by atomic mass is 10.3. The van der Waals surface area contributed by atoms with Crippen LogP contribution in [0.1, 0.15) is 5.82 Å². The van der Waals surface area contributed by atoms with Crippen molar-refractivity contribution in [1.29, 1.82) is 0 Å². The highest BCUT2D eigenvalue weighted by Gasteiger charge is 2.28. The van der Waals surface area contributed by atoms with Gasteiger partial charge in [0.15, 0.2) is 5.82 Å². The molecule has 9 heteroatoms. The minimum absolute atomic E-state index is 0.0600. The van der Waals surface area contributed by atoms with Gasteiger partial charge < -0.3 is 9.47 Å². The number of halogens is 1. The molecule has 1 aliphatic heterocycles. The van der Waals surface area contributed by atoms with Crippen LogP contribution in [0.2, 0.25) is 0 Å². The normalized spacial score (nSPS) is 13.6. The Morgan fingerprint density at radius 3 is 3.09 bits per heavy atom. The zero-order chi connectivity index (χ0) is 15.5. The number of thioether (sulfide) groups is 1. The second-order valence-corrected chi connectivity index (χ2v) is 5.46. The molecule has 3 rings (SSSR count). The Balaban J connectivity index is 1.80. The van der Waals surface area contributed by atoms with E-state index in [1.165, 1.54) is 36.0 Å². The summed E-state index contributed by atoms with van der Waals surface area (Å²) in [5, 5.41) is 10.1. The number of methoxy groups -OCH3 is 1. The van der Waals surface area contributed by atoms with Gasteiger partial charge in [-0.2, -0.15) is 0 Å². The Bertz CT molecular complexity index is 694. The summed E-state index contributed by atoms with van der Waals surface area (Å²) < 4.78 is 25.0. The zero-order valence-corrected chi connectivity index (χ0v) is 12.5. The molecule has 0 aliphatic carbocycles. The maximum atomic E-state index is 13.1. The first-order valence-electron chi connectivity index (χ1n) is 6.50. The van der Waals surface area contributed by atoms with Gasteiger partial charge in [0.25, 0.3) is 0 Å². The van der Waals surface area contributed by atoms with Gasteiger partial charge in [-0.05, 0) is 12.1 Å². The molecule has 0 radical (unpaired) electrons. The first-order valence-corrected chi connectivity index (χ1v) is 7.49. The van der Waals surface area contributed by atoms with Crippen LogP contribution >= 0.6 is 11.8 Å². The predicted molar refractivity (Wildman–Crippen MR) is 77.0 cm³/mol. The van der Waals surface area contributed by atoms with Crippen LogP contribution in [-0.4, -0.2) is 40.4 Å². The summed E-state index contributed by atoms with van der Waals surface area (Å²) >= 11 is 1.49. The Morgan fingerprint density at radius 1 is 1.45 bits per heavy atom. The molecule has 0 saturated carbocycles. The average molecular weight is 324 g/mol. The molecule has 22 heavy (non-hydrogen) atoms. The van der Waals surface area contributed by atoms with E-state index >= 15 is 0 Å². The first kappa shape index (κ1) is 14.6. The first-order chi connectivity index (χ1) is 10.7. The second kappa shape index (κ2) is 6.22. The zero-order valence-electron chi connectivity index (χ0n) is 11.7. The topological polar surface area (TPSA) is 69.5 Å². The fraction of sp³-hybridized carbons (Fsp3) is 0.308. The van der Waals surface area contributed by atoms with Crippen molar-refractivity contribution in [3.8, 4) is 5.75 Å². The van der Waals surface area contributed by atoms with Crippen molar-refractivity contribution in [2.24, 2.45) is 0 Å². The molecule has 7 nitrogen and oxygen atoms in total. The van der Waals surface area contributed by atoms with Crippen molar-refractivity contribution in [2.45, 2.75) is 11.8 Å². The number of aromatic nitrogens is 3. The van der Waals surface area contributed by atoms with E-state index < -0.39 is 6.09 Å². The molecule has 0 saturated heterocycles. The van der Waals surface area contributed by atoms with Crippen LogP contribution in [0.5, 0.6) is 5.75 Å². The van der Waals surface area contributed by atoms with Crippen molar-refractivity contribution in [1.82, 2.24) is 14.9 Å². The molecule has 0 unspecified atom stereocenters. The van der Waals surface area contributed by atoms with Crippen LogP contribution in [0.15, 0.2) is 29.4 Å². The molecular weight excluding hydrogens is 311 g/mol. The molecule has 1 aromatic heterocycles. The van der Waals surface area contributed by atoms with E-state index in [9.17, 15) is 9.18 Å². The van der Waals surface area contributed by atoms with Gasteiger partial charge in [-0.3, -0.25) is 0 Å². The molecular formula is C13H13FN4O3S. The number of rotatable bonds is 3. The van der Waals surface area contributed by atoms with Gasteiger partial charge in [-0.1, -0.05) is 17.8 Å². The molecule has 0 spiro atoms. The molecule has 1 aromatic carbocycles. The van der Waals surface area contributed by atoms with Crippen molar-refractivity contribution in [2.75, 3.05) is 24.4 Å². The molecule has 0 fully saturated rings. The number of amides is 1. The summed E-state index contributed by atoms with van der Waals surface area (Å²) in [6.07, 6.45) is -0.492. The Labute approximate surface area is 130 Å². The number of carbonyl (C=O) groups is 1. The molecule has 2 heterocycles. The highest BCUT2D eigenvalue weighted by Crippen LogP contribution is 2.23. The number of nitrogens with zero attached hydrogens (tertiary/aromatic N) is 4. The summed E-state index contributed by atoms with van der Waals surface area (Å²) in [5.41, 5.74) is 0. The third kappa shape index (κ3) is 2.84. The summed E-state index contributed by atoms with van der Waals surface area (Å²) in [7, 11) is 1.32. The Kier molecular flexibility index (Phi) is 4.14. The number of hydrogen-bond acceptors (Lipinski definition) is 6. The standard InChI is InChI=1S/C13H13FN4O3S/c1-20-13(19)17-5-6-22-12-16-15-11(18(12)17)8-21-10-4-2-3-9(14)7-10/h2-4,7H,5-6,8H2,1H3. The van der Waals surface area contributed by atoms with Gasteiger partial charge in [0.05, 0.1) is 13.7 Å².